The minimum atomic E-state index is 0.247. The van der Waals surface area contributed by atoms with Crippen molar-refractivity contribution in [3.63, 3.8) is 0 Å². The fourth-order valence-corrected chi connectivity index (χ4v) is 1.06. The van der Waals surface area contributed by atoms with Crippen LogP contribution in [0.3, 0.4) is 0 Å². The molecule has 0 aliphatic heterocycles. The van der Waals surface area contributed by atoms with E-state index in [1.807, 2.05) is 0 Å². The average Bonchev–Trinajstić information content (AvgIpc) is 2.22. The second kappa shape index (κ2) is 8.49. The first-order valence-corrected chi connectivity index (χ1v) is 5.40. The van der Waals surface area contributed by atoms with E-state index in [9.17, 15) is 0 Å². The maximum atomic E-state index is 5.37. The van der Waals surface area contributed by atoms with Gasteiger partial charge < -0.3 is 10.1 Å². The molecule has 0 aromatic heterocycles. The summed E-state index contributed by atoms with van der Waals surface area (Å²) in [6.45, 7) is 7.73. The van der Waals surface area contributed by atoms with Gasteiger partial charge in [-0.15, -0.1) is 0 Å². The quantitative estimate of drug-likeness (QED) is 0.261. The van der Waals surface area contributed by atoms with Crippen molar-refractivity contribution in [3.8, 4) is 0 Å². The number of rotatable bonds is 6. The second-order valence-corrected chi connectivity index (χ2v) is 3.93. The van der Waals surface area contributed by atoms with Crippen LogP contribution in [0.15, 0.2) is 4.99 Å². The number of hydrogen-bond acceptors (Lipinski definition) is 3. The molecule has 0 fully saturated rings. The molecule has 0 heterocycles. The molecule has 4 N–H and O–H groups in total. The maximum Gasteiger partial charge on any atom is 0.206 e. The standard InChI is InChI=1S/C10H24N4O/c1-5-9(7-15-4)13-10(14-11)12-6-8(2)3/h8-9H,5-7,11H2,1-4H3,(H2,12,13,14). The first kappa shape index (κ1) is 14.2. The van der Waals surface area contributed by atoms with E-state index in [0.29, 0.717) is 18.5 Å². The number of nitrogens with one attached hydrogen (secondary N) is 2. The van der Waals surface area contributed by atoms with Gasteiger partial charge in [0.1, 0.15) is 0 Å². The van der Waals surface area contributed by atoms with Crippen LogP contribution in [-0.2, 0) is 4.74 Å². The number of nitrogens with zero attached hydrogens (tertiary/aromatic N) is 1. The molecule has 0 aliphatic carbocycles. The van der Waals surface area contributed by atoms with Gasteiger partial charge in [-0.1, -0.05) is 20.8 Å². The zero-order valence-corrected chi connectivity index (χ0v) is 10.2. The van der Waals surface area contributed by atoms with E-state index in [-0.39, 0.29) is 6.04 Å². The molecule has 0 spiro atoms. The average molecular weight is 216 g/mol. The number of nitrogens with two attached hydrogens (primary N) is 1. The smallest absolute Gasteiger partial charge is 0.206 e. The van der Waals surface area contributed by atoms with Crippen molar-refractivity contribution < 1.29 is 4.74 Å². The Morgan fingerprint density at radius 2 is 2.13 bits per heavy atom. The van der Waals surface area contributed by atoms with E-state index < -0.39 is 0 Å². The minimum Gasteiger partial charge on any atom is -0.383 e. The Balaban J connectivity index is 4.10. The van der Waals surface area contributed by atoms with Crippen LogP contribution in [-0.4, -0.2) is 32.3 Å². The van der Waals surface area contributed by atoms with Gasteiger partial charge in [-0.3, -0.25) is 10.4 Å². The molecule has 0 aromatic rings. The van der Waals surface area contributed by atoms with Gasteiger partial charge in [0.25, 0.3) is 0 Å². The molecule has 0 rings (SSSR count). The van der Waals surface area contributed by atoms with Gasteiger partial charge in [0.05, 0.1) is 12.6 Å². The lowest BCUT2D eigenvalue weighted by Crippen LogP contribution is -2.47. The molecule has 0 radical (unpaired) electrons. The van der Waals surface area contributed by atoms with Crippen LogP contribution in [0.2, 0.25) is 0 Å². The molecule has 90 valence electrons. The number of aliphatic imine (C=N–C) groups is 1. The lowest BCUT2D eigenvalue weighted by Gasteiger charge is -2.18. The van der Waals surface area contributed by atoms with E-state index in [1.165, 1.54) is 0 Å². The topological polar surface area (TPSA) is 71.7 Å². The molecule has 1 unspecified atom stereocenters. The Morgan fingerprint density at radius 3 is 2.53 bits per heavy atom. The third kappa shape index (κ3) is 7.16. The van der Waals surface area contributed by atoms with Crippen LogP contribution in [0, 0.1) is 5.92 Å². The Labute approximate surface area is 92.4 Å². The first-order chi connectivity index (χ1) is 7.13. The fraction of sp³-hybridized carbons (Fsp3) is 0.900. The molecule has 0 saturated carbocycles. The van der Waals surface area contributed by atoms with Crippen LogP contribution >= 0.6 is 0 Å². The summed E-state index contributed by atoms with van der Waals surface area (Å²) in [5.41, 5.74) is 2.56. The van der Waals surface area contributed by atoms with Crippen LogP contribution in [0.5, 0.6) is 0 Å². The van der Waals surface area contributed by atoms with Gasteiger partial charge in [-0.05, 0) is 12.3 Å². The van der Waals surface area contributed by atoms with E-state index in [1.54, 1.807) is 7.11 Å². The summed E-state index contributed by atoms with van der Waals surface area (Å²) in [5, 5.41) is 3.20. The molecule has 0 amide bonds. The summed E-state index contributed by atoms with van der Waals surface area (Å²) in [5.74, 6) is 6.53. The monoisotopic (exact) mass is 216 g/mol. The van der Waals surface area contributed by atoms with Crippen LogP contribution < -0.4 is 16.6 Å². The van der Waals surface area contributed by atoms with E-state index >= 15 is 0 Å². The lowest BCUT2D eigenvalue weighted by atomic mass is 10.2. The van der Waals surface area contributed by atoms with Crippen molar-refractivity contribution in [1.29, 1.82) is 0 Å². The fourth-order valence-electron chi connectivity index (χ4n) is 1.06. The van der Waals surface area contributed by atoms with Crippen LogP contribution in [0.4, 0.5) is 0 Å². The van der Waals surface area contributed by atoms with Crippen molar-refractivity contribution in [1.82, 2.24) is 10.7 Å². The molecule has 0 saturated heterocycles. The summed E-state index contributed by atoms with van der Waals surface area (Å²) in [7, 11) is 1.69. The van der Waals surface area contributed by atoms with Crippen LogP contribution in [0.1, 0.15) is 27.2 Å². The molecule has 0 aromatic carbocycles. The Kier molecular flexibility index (Phi) is 8.04. The van der Waals surface area contributed by atoms with Crippen molar-refractivity contribution in [3.05, 3.63) is 0 Å². The van der Waals surface area contributed by atoms with Crippen LogP contribution in [0.25, 0.3) is 0 Å². The predicted octanol–water partition coefficient (Wildman–Crippen LogP) is 0.476. The highest BCUT2D eigenvalue weighted by Gasteiger charge is 2.07. The summed E-state index contributed by atoms with van der Waals surface area (Å²) >= 11 is 0. The third-order valence-electron chi connectivity index (χ3n) is 1.95. The number of hydrogen-bond donors (Lipinski definition) is 3. The first-order valence-electron chi connectivity index (χ1n) is 5.40. The van der Waals surface area contributed by atoms with Gasteiger partial charge in [0, 0.05) is 13.7 Å². The maximum absolute atomic E-state index is 5.37. The Bertz CT molecular complexity index is 182. The largest absolute Gasteiger partial charge is 0.383 e. The molecule has 1 atom stereocenters. The zero-order valence-electron chi connectivity index (χ0n) is 10.2. The number of hydrazine groups is 1. The molecular formula is C10H24N4O. The van der Waals surface area contributed by atoms with E-state index in [4.69, 9.17) is 10.6 Å². The van der Waals surface area contributed by atoms with Gasteiger partial charge in [0.2, 0.25) is 5.96 Å². The highest BCUT2D eigenvalue weighted by atomic mass is 16.5. The normalized spacial score (nSPS) is 14.1. The van der Waals surface area contributed by atoms with Gasteiger partial charge in [-0.2, -0.15) is 0 Å². The SMILES string of the molecule is CCC(COC)NC(=NCC(C)C)NN. The predicted molar refractivity (Wildman–Crippen MR) is 63.6 cm³/mol. The molecule has 5 nitrogen and oxygen atoms in total. The molecule has 0 aliphatic rings. The van der Waals surface area contributed by atoms with Crippen molar-refractivity contribution >= 4 is 5.96 Å². The van der Waals surface area contributed by atoms with E-state index in [0.717, 1.165) is 13.0 Å². The van der Waals surface area contributed by atoms with Gasteiger partial charge >= 0.3 is 0 Å². The van der Waals surface area contributed by atoms with Crippen molar-refractivity contribution in [2.75, 3.05) is 20.3 Å². The molecular weight excluding hydrogens is 192 g/mol. The summed E-state index contributed by atoms with van der Waals surface area (Å²) < 4.78 is 5.08. The van der Waals surface area contributed by atoms with Gasteiger partial charge in [-0.25, -0.2) is 5.84 Å². The van der Waals surface area contributed by atoms with Crippen molar-refractivity contribution in [2.45, 2.75) is 33.2 Å². The summed E-state index contributed by atoms with van der Waals surface area (Å²) in [4.78, 5) is 4.33. The number of ether oxygens (including phenoxy) is 1. The number of guanidine groups is 1. The molecule has 5 heteroatoms. The number of methoxy groups -OCH3 is 1. The summed E-state index contributed by atoms with van der Waals surface area (Å²) in [6, 6.07) is 0.247. The highest BCUT2D eigenvalue weighted by Crippen LogP contribution is 1.94. The Morgan fingerprint density at radius 1 is 1.47 bits per heavy atom. The zero-order chi connectivity index (χ0) is 11.7. The van der Waals surface area contributed by atoms with Crippen molar-refractivity contribution in [2.24, 2.45) is 16.8 Å². The van der Waals surface area contributed by atoms with Gasteiger partial charge in [0.15, 0.2) is 0 Å². The second-order valence-electron chi connectivity index (χ2n) is 3.93. The molecule has 0 bridgehead atoms. The minimum absolute atomic E-state index is 0.247. The lowest BCUT2D eigenvalue weighted by molar-refractivity contribution is 0.171. The molecule has 15 heavy (non-hydrogen) atoms. The summed E-state index contributed by atoms with van der Waals surface area (Å²) in [6.07, 6.45) is 0.968. The van der Waals surface area contributed by atoms with E-state index in [2.05, 4.69) is 36.5 Å². The highest BCUT2D eigenvalue weighted by molar-refractivity contribution is 5.79. The third-order valence-corrected chi connectivity index (χ3v) is 1.95. The Hall–Kier alpha value is -0.810.